The van der Waals surface area contributed by atoms with Gasteiger partial charge in [0.05, 0.1) is 11.2 Å². The lowest BCUT2D eigenvalue weighted by Crippen LogP contribution is -2.25. The van der Waals surface area contributed by atoms with Crippen LogP contribution in [0.1, 0.15) is 0 Å². The highest BCUT2D eigenvalue weighted by Gasteiger charge is 2.07. The maximum absolute atomic E-state index is 9.49. The topological polar surface area (TPSA) is 65.3 Å². The molecule has 2 aromatic rings. The zero-order chi connectivity index (χ0) is 9.42. The number of benzene rings is 1. The van der Waals surface area contributed by atoms with Crippen LogP contribution in [0.3, 0.4) is 0 Å². The van der Waals surface area contributed by atoms with E-state index in [0.29, 0.717) is 0 Å². The number of H-pyrrole nitrogens is 1. The predicted molar refractivity (Wildman–Crippen MR) is 52.6 cm³/mol. The van der Waals surface area contributed by atoms with Gasteiger partial charge in [0.1, 0.15) is 5.75 Å². The molecular weight excluding hydrogens is 166 g/mol. The Balaban J connectivity index is 2.78. The van der Waals surface area contributed by atoms with Crippen molar-refractivity contribution in [3.8, 4) is 5.75 Å². The van der Waals surface area contributed by atoms with Gasteiger partial charge in [-0.2, -0.15) is 0 Å². The Morgan fingerprint density at radius 2 is 2.15 bits per heavy atom. The molecule has 0 aliphatic heterocycles. The fourth-order valence-electron chi connectivity index (χ4n) is 1.42. The van der Waals surface area contributed by atoms with Crippen molar-refractivity contribution in [1.82, 2.24) is 4.98 Å². The molecule has 0 atom stereocenters. The van der Waals surface area contributed by atoms with Crippen LogP contribution < -0.4 is 10.9 Å². The molecule has 0 aliphatic carbocycles. The fourth-order valence-corrected chi connectivity index (χ4v) is 1.42. The van der Waals surface area contributed by atoms with Gasteiger partial charge in [0, 0.05) is 18.6 Å². The summed E-state index contributed by atoms with van der Waals surface area (Å²) in [6.07, 6.45) is 1.78. The molecule has 0 spiro atoms. The molecule has 1 aromatic carbocycles. The predicted octanol–water partition coefficient (Wildman–Crippen LogP) is 1.18. The summed E-state index contributed by atoms with van der Waals surface area (Å²) >= 11 is 0. The van der Waals surface area contributed by atoms with Crippen molar-refractivity contribution in [2.75, 3.05) is 12.1 Å². The quantitative estimate of drug-likeness (QED) is 0.452. The molecule has 0 saturated carbocycles. The number of hydrogen-bond donors (Lipinski definition) is 3. The summed E-state index contributed by atoms with van der Waals surface area (Å²) < 4.78 is 0. The van der Waals surface area contributed by atoms with E-state index in [1.54, 1.807) is 25.4 Å². The van der Waals surface area contributed by atoms with Gasteiger partial charge in [-0.3, -0.25) is 0 Å². The van der Waals surface area contributed by atoms with E-state index in [4.69, 9.17) is 5.84 Å². The monoisotopic (exact) mass is 177 g/mol. The highest BCUT2D eigenvalue weighted by molar-refractivity contribution is 5.95. The lowest BCUT2D eigenvalue weighted by molar-refractivity contribution is 0.481. The molecule has 2 rings (SSSR count). The molecule has 0 unspecified atom stereocenters. The SMILES string of the molecule is CN(N)c1ccc(O)c2cc[nH]c12. The third-order valence-electron chi connectivity index (χ3n) is 2.06. The van der Waals surface area contributed by atoms with E-state index < -0.39 is 0 Å². The molecule has 0 fully saturated rings. The number of fused-ring (bicyclic) bond motifs is 1. The Kier molecular flexibility index (Phi) is 1.63. The second-order valence-corrected chi connectivity index (χ2v) is 2.98. The third-order valence-corrected chi connectivity index (χ3v) is 2.06. The smallest absolute Gasteiger partial charge is 0.125 e. The number of nitrogens with one attached hydrogen (secondary N) is 1. The van der Waals surface area contributed by atoms with Gasteiger partial charge in [-0.25, -0.2) is 5.84 Å². The average molecular weight is 177 g/mol. The molecule has 4 nitrogen and oxygen atoms in total. The van der Waals surface area contributed by atoms with Crippen LogP contribution in [-0.2, 0) is 0 Å². The van der Waals surface area contributed by atoms with Gasteiger partial charge in [-0.1, -0.05) is 0 Å². The standard InChI is InChI=1S/C9H11N3O/c1-12(10)7-2-3-8(13)6-4-5-11-9(6)7/h2-5,11,13H,10H2,1H3. The molecule has 4 heteroatoms. The van der Waals surface area contributed by atoms with Crippen molar-refractivity contribution in [1.29, 1.82) is 0 Å². The van der Waals surface area contributed by atoms with Crippen LogP contribution in [0.25, 0.3) is 10.9 Å². The number of anilines is 1. The van der Waals surface area contributed by atoms with Crippen LogP contribution in [0.5, 0.6) is 5.75 Å². The molecular formula is C9H11N3O. The Bertz CT molecular complexity index is 433. The summed E-state index contributed by atoms with van der Waals surface area (Å²) in [6, 6.07) is 5.22. The first-order chi connectivity index (χ1) is 6.20. The second kappa shape index (κ2) is 2.67. The van der Waals surface area contributed by atoms with Crippen LogP contribution in [0.15, 0.2) is 24.4 Å². The molecule has 13 heavy (non-hydrogen) atoms. The van der Waals surface area contributed by atoms with Crippen molar-refractivity contribution in [3.05, 3.63) is 24.4 Å². The molecule has 1 aromatic heterocycles. The molecule has 0 aliphatic rings. The van der Waals surface area contributed by atoms with Crippen LogP contribution in [0.4, 0.5) is 5.69 Å². The van der Waals surface area contributed by atoms with Crippen molar-refractivity contribution < 1.29 is 5.11 Å². The zero-order valence-corrected chi connectivity index (χ0v) is 7.28. The molecule has 1 heterocycles. The maximum Gasteiger partial charge on any atom is 0.125 e. The van der Waals surface area contributed by atoms with Gasteiger partial charge in [0.25, 0.3) is 0 Å². The van der Waals surface area contributed by atoms with Gasteiger partial charge in [0.2, 0.25) is 0 Å². The number of phenolic OH excluding ortho intramolecular Hbond substituents is 1. The van der Waals surface area contributed by atoms with Crippen molar-refractivity contribution >= 4 is 16.6 Å². The normalized spacial score (nSPS) is 10.6. The number of nitrogens with two attached hydrogens (primary N) is 1. The number of aromatic nitrogens is 1. The minimum atomic E-state index is 0.266. The minimum absolute atomic E-state index is 0.266. The van der Waals surface area contributed by atoms with Crippen LogP contribution in [0.2, 0.25) is 0 Å². The number of rotatable bonds is 1. The number of aromatic hydroxyl groups is 1. The van der Waals surface area contributed by atoms with Crippen molar-refractivity contribution in [3.63, 3.8) is 0 Å². The van der Waals surface area contributed by atoms with Gasteiger partial charge in [-0.15, -0.1) is 0 Å². The van der Waals surface area contributed by atoms with Gasteiger partial charge < -0.3 is 15.1 Å². The average Bonchev–Trinajstić information content (AvgIpc) is 2.53. The molecule has 4 N–H and O–H groups in total. The van der Waals surface area contributed by atoms with Crippen LogP contribution in [0, 0.1) is 0 Å². The number of phenols is 1. The first-order valence-electron chi connectivity index (χ1n) is 3.97. The summed E-state index contributed by atoms with van der Waals surface area (Å²) in [5.74, 6) is 5.89. The Labute approximate surface area is 75.6 Å². The van der Waals surface area contributed by atoms with E-state index >= 15 is 0 Å². The minimum Gasteiger partial charge on any atom is -0.507 e. The number of nitrogens with zero attached hydrogens (tertiary/aromatic N) is 1. The van der Waals surface area contributed by atoms with Crippen molar-refractivity contribution in [2.24, 2.45) is 5.84 Å². The largest absolute Gasteiger partial charge is 0.507 e. The van der Waals surface area contributed by atoms with E-state index in [2.05, 4.69) is 4.98 Å². The molecule has 0 amide bonds. The van der Waals surface area contributed by atoms with E-state index in [0.717, 1.165) is 16.6 Å². The number of aromatic amines is 1. The Hall–Kier alpha value is -1.68. The Morgan fingerprint density at radius 3 is 2.85 bits per heavy atom. The molecule has 0 bridgehead atoms. The first kappa shape index (κ1) is 7.94. The van der Waals surface area contributed by atoms with Crippen LogP contribution >= 0.6 is 0 Å². The lowest BCUT2D eigenvalue weighted by atomic mass is 10.2. The third kappa shape index (κ3) is 1.11. The molecule has 0 saturated heterocycles. The fraction of sp³-hybridized carbons (Fsp3) is 0.111. The molecule has 0 radical (unpaired) electrons. The van der Waals surface area contributed by atoms with E-state index in [1.165, 1.54) is 5.01 Å². The van der Waals surface area contributed by atoms with Crippen molar-refractivity contribution in [2.45, 2.75) is 0 Å². The van der Waals surface area contributed by atoms with Crippen LogP contribution in [-0.4, -0.2) is 17.1 Å². The maximum atomic E-state index is 9.49. The number of hydrogen-bond acceptors (Lipinski definition) is 3. The van der Waals surface area contributed by atoms with E-state index in [1.807, 2.05) is 6.07 Å². The summed E-state index contributed by atoms with van der Waals surface area (Å²) in [7, 11) is 1.76. The number of hydrazine groups is 1. The van der Waals surface area contributed by atoms with Gasteiger partial charge in [-0.05, 0) is 18.2 Å². The summed E-state index contributed by atoms with van der Waals surface area (Å²) in [4.78, 5) is 3.03. The second-order valence-electron chi connectivity index (χ2n) is 2.98. The first-order valence-corrected chi connectivity index (χ1v) is 3.97. The van der Waals surface area contributed by atoms with Gasteiger partial charge in [0.15, 0.2) is 0 Å². The summed E-state index contributed by atoms with van der Waals surface area (Å²) in [5.41, 5.74) is 1.71. The van der Waals surface area contributed by atoms with E-state index in [9.17, 15) is 5.11 Å². The molecule has 68 valence electrons. The Morgan fingerprint density at radius 1 is 1.38 bits per heavy atom. The summed E-state index contributed by atoms with van der Waals surface area (Å²) in [5, 5.41) is 11.8. The summed E-state index contributed by atoms with van der Waals surface area (Å²) in [6.45, 7) is 0. The highest BCUT2D eigenvalue weighted by Crippen LogP contribution is 2.30. The zero-order valence-electron chi connectivity index (χ0n) is 7.28. The lowest BCUT2D eigenvalue weighted by Gasteiger charge is -2.13. The van der Waals surface area contributed by atoms with E-state index in [-0.39, 0.29) is 5.75 Å². The van der Waals surface area contributed by atoms with Gasteiger partial charge >= 0.3 is 0 Å². The highest BCUT2D eigenvalue weighted by atomic mass is 16.3.